The number of halogens is 3. The van der Waals surface area contributed by atoms with Crippen molar-refractivity contribution in [2.45, 2.75) is 51.5 Å². The van der Waals surface area contributed by atoms with Gasteiger partial charge in [-0.3, -0.25) is 0 Å². The van der Waals surface area contributed by atoms with Crippen LogP contribution >= 0.6 is 0 Å². The van der Waals surface area contributed by atoms with Crippen LogP contribution in [-0.2, 0) is 0 Å². The van der Waals surface area contributed by atoms with Crippen molar-refractivity contribution in [3.63, 3.8) is 0 Å². The molecule has 112 valence electrons. The molecule has 1 N–H and O–H groups in total. The fourth-order valence-corrected chi connectivity index (χ4v) is 3.19. The van der Waals surface area contributed by atoms with Crippen LogP contribution in [0, 0.1) is 23.4 Å². The highest BCUT2D eigenvalue weighted by Crippen LogP contribution is 2.33. The topological polar surface area (TPSA) is 12.0 Å². The van der Waals surface area contributed by atoms with Gasteiger partial charge < -0.3 is 5.32 Å². The summed E-state index contributed by atoms with van der Waals surface area (Å²) in [5, 5.41) is 3.14. The van der Waals surface area contributed by atoms with Gasteiger partial charge in [0.25, 0.3) is 0 Å². The van der Waals surface area contributed by atoms with E-state index in [0.717, 1.165) is 25.0 Å². The van der Waals surface area contributed by atoms with Crippen molar-refractivity contribution in [3.05, 3.63) is 35.1 Å². The lowest BCUT2D eigenvalue weighted by atomic mass is 9.83. The molecule has 1 unspecified atom stereocenters. The summed E-state index contributed by atoms with van der Waals surface area (Å²) in [5.74, 6) is -1.94. The Bertz CT molecular complexity index is 418. The van der Waals surface area contributed by atoms with Crippen molar-refractivity contribution in [2.24, 2.45) is 5.92 Å². The molecule has 2 rings (SSSR count). The van der Waals surface area contributed by atoms with Gasteiger partial charge in [-0.2, -0.15) is 0 Å². The van der Waals surface area contributed by atoms with E-state index in [1.807, 2.05) is 6.92 Å². The molecular weight excluding hydrogens is 263 g/mol. The molecular formula is C16H22F3N. The van der Waals surface area contributed by atoms with Crippen molar-refractivity contribution >= 4 is 0 Å². The highest BCUT2D eigenvalue weighted by atomic mass is 19.1. The number of nitrogens with one attached hydrogen (secondary N) is 1. The Morgan fingerprint density at radius 2 is 1.70 bits per heavy atom. The standard InChI is InChI=1S/C16H22F3N/c1-2-20-15(8-11-6-4-3-5-7-11)16-13(18)9-12(17)10-14(16)19/h9-11,15,20H,2-8H2,1H3. The molecule has 0 amide bonds. The van der Waals surface area contributed by atoms with E-state index >= 15 is 0 Å². The van der Waals surface area contributed by atoms with Crippen LogP contribution < -0.4 is 5.32 Å². The summed E-state index contributed by atoms with van der Waals surface area (Å²) >= 11 is 0. The lowest BCUT2D eigenvalue weighted by molar-refractivity contribution is 0.294. The summed E-state index contributed by atoms with van der Waals surface area (Å²) in [6.45, 7) is 2.54. The molecule has 0 heterocycles. The van der Waals surface area contributed by atoms with Crippen LogP contribution in [0.15, 0.2) is 12.1 Å². The Balaban J connectivity index is 2.19. The second-order valence-electron chi connectivity index (χ2n) is 5.63. The molecule has 1 aromatic carbocycles. The van der Waals surface area contributed by atoms with Gasteiger partial charge in [0.15, 0.2) is 0 Å². The molecule has 1 aliphatic carbocycles. The van der Waals surface area contributed by atoms with Crippen LogP contribution in [0.4, 0.5) is 13.2 Å². The van der Waals surface area contributed by atoms with Gasteiger partial charge in [-0.15, -0.1) is 0 Å². The van der Waals surface area contributed by atoms with E-state index in [9.17, 15) is 13.2 Å². The zero-order chi connectivity index (χ0) is 14.5. The first-order chi connectivity index (χ1) is 9.61. The van der Waals surface area contributed by atoms with E-state index in [1.54, 1.807) is 0 Å². The molecule has 0 aromatic heterocycles. The van der Waals surface area contributed by atoms with Gasteiger partial charge in [0, 0.05) is 23.7 Å². The predicted molar refractivity (Wildman–Crippen MR) is 73.9 cm³/mol. The Kier molecular flexibility index (Phi) is 5.46. The largest absolute Gasteiger partial charge is 0.310 e. The molecule has 1 aliphatic rings. The minimum atomic E-state index is -0.864. The van der Waals surface area contributed by atoms with Crippen molar-refractivity contribution in [1.29, 1.82) is 0 Å². The molecule has 0 aliphatic heterocycles. The van der Waals surface area contributed by atoms with Crippen molar-refractivity contribution in [2.75, 3.05) is 6.54 Å². The average molecular weight is 285 g/mol. The molecule has 0 spiro atoms. The third-order valence-corrected chi connectivity index (χ3v) is 4.14. The number of benzene rings is 1. The molecule has 1 saturated carbocycles. The van der Waals surface area contributed by atoms with E-state index in [2.05, 4.69) is 5.32 Å². The van der Waals surface area contributed by atoms with E-state index in [1.165, 1.54) is 19.3 Å². The monoisotopic (exact) mass is 285 g/mol. The van der Waals surface area contributed by atoms with Gasteiger partial charge >= 0.3 is 0 Å². The fraction of sp³-hybridized carbons (Fsp3) is 0.625. The second-order valence-corrected chi connectivity index (χ2v) is 5.63. The smallest absolute Gasteiger partial charge is 0.133 e. The van der Waals surface area contributed by atoms with Gasteiger partial charge in [0.2, 0.25) is 0 Å². The summed E-state index contributed by atoms with van der Waals surface area (Å²) in [7, 11) is 0. The van der Waals surface area contributed by atoms with Gasteiger partial charge in [-0.25, -0.2) is 13.2 Å². The quantitative estimate of drug-likeness (QED) is 0.825. The number of rotatable bonds is 5. The molecule has 1 nitrogen and oxygen atoms in total. The van der Waals surface area contributed by atoms with Gasteiger partial charge in [-0.1, -0.05) is 39.0 Å². The molecule has 0 bridgehead atoms. The zero-order valence-electron chi connectivity index (χ0n) is 11.9. The number of hydrogen-bond donors (Lipinski definition) is 1. The first kappa shape index (κ1) is 15.4. The molecule has 1 aromatic rings. The Morgan fingerprint density at radius 1 is 1.10 bits per heavy atom. The maximum Gasteiger partial charge on any atom is 0.133 e. The van der Waals surface area contributed by atoms with E-state index in [0.29, 0.717) is 18.9 Å². The molecule has 0 saturated heterocycles. The average Bonchev–Trinajstić information content (AvgIpc) is 2.39. The SMILES string of the molecule is CCNC(CC1CCCCC1)c1c(F)cc(F)cc1F. The van der Waals surface area contributed by atoms with Crippen molar-refractivity contribution in [3.8, 4) is 0 Å². The van der Waals surface area contributed by atoms with E-state index in [4.69, 9.17) is 0 Å². The summed E-state index contributed by atoms with van der Waals surface area (Å²) in [4.78, 5) is 0. The third-order valence-electron chi connectivity index (χ3n) is 4.14. The Labute approximate surface area is 118 Å². The second kappa shape index (κ2) is 7.11. The van der Waals surface area contributed by atoms with Gasteiger partial charge in [0.1, 0.15) is 17.5 Å². The van der Waals surface area contributed by atoms with Crippen LogP contribution in [0.2, 0.25) is 0 Å². The maximum absolute atomic E-state index is 13.9. The van der Waals surface area contributed by atoms with Crippen LogP contribution in [0.1, 0.15) is 57.1 Å². The van der Waals surface area contributed by atoms with Crippen LogP contribution in [0.3, 0.4) is 0 Å². The molecule has 20 heavy (non-hydrogen) atoms. The van der Waals surface area contributed by atoms with Gasteiger partial charge in [-0.05, 0) is 18.9 Å². The van der Waals surface area contributed by atoms with Crippen LogP contribution in [0.5, 0.6) is 0 Å². The minimum absolute atomic E-state index is 0.0150. The summed E-state index contributed by atoms with van der Waals surface area (Å²) < 4.78 is 40.9. The Hall–Kier alpha value is -1.03. The molecule has 4 heteroatoms. The lowest BCUT2D eigenvalue weighted by Crippen LogP contribution is -2.26. The van der Waals surface area contributed by atoms with E-state index < -0.39 is 17.5 Å². The minimum Gasteiger partial charge on any atom is -0.310 e. The fourth-order valence-electron chi connectivity index (χ4n) is 3.19. The number of hydrogen-bond acceptors (Lipinski definition) is 1. The van der Waals surface area contributed by atoms with Crippen molar-refractivity contribution in [1.82, 2.24) is 5.32 Å². The first-order valence-corrected chi connectivity index (χ1v) is 7.49. The summed E-state index contributed by atoms with van der Waals surface area (Å²) in [6.07, 6.45) is 6.59. The summed E-state index contributed by atoms with van der Waals surface area (Å²) in [5.41, 5.74) is -0.0150. The molecule has 1 fully saturated rings. The maximum atomic E-state index is 13.9. The van der Waals surface area contributed by atoms with Crippen LogP contribution in [0.25, 0.3) is 0 Å². The van der Waals surface area contributed by atoms with Crippen LogP contribution in [-0.4, -0.2) is 6.54 Å². The Morgan fingerprint density at radius 3 is 2.25 bits per heavy atom. The highest BCUT2D eigenvalue weighted by molar-refractivity contribution is 5.24. The van der Waals surface area contributed by atoms with Gasteiger partial charge in [0.05, 0.1) is 0 Å². The zero-order valence-corrected chi connectivity index (χ0v) is 11.9. The third kappa shape index (κ3) is 3.75. The first-order valence-electron chi connectivity index (χ1n) is 7.49. The van der Waals surface area contributed by atoms with Crippen molar-refractivity contribution < 1.29 is 13.2 Å². The predicted octanol–water partition coefficient (Wildman–Crippen LogP) is 4.72. The normalized spacial score (nSPS) is 18.2. The molecule has 1 atom stereocenters. The van der Waals surface area contributed by atoms with E-state index in [-0.39, 0.29) is 11.6 Å². The summed E-state index contributed by atoms with van der Waals surface area (Å²) in [6, 6.07) is 1.16. The molecule has 0 radical (unpaired) electrons. The lowest BCUT2D eigenvalue weighted by Gasteiger charge is -2.27. The highest BCUT2D eigenvalue weighted by Gasteiger charge is 2.25.